The topological polar surface area (TPSA) is 59.9 Å². The van der Waals surface area contributed by atoms with E-state index in [4.69, 9.17) is 9.47 Å². The van der Waals surface area contributed by atoms with Crippen molar-refractivity contribution in [2.45, 2.75) is 46.1 Å². The molecule has 2 aliphatic carbocycles. The smallest absolute Gasteiger partial charge is 0.244 e. The summed E-state index contributed by atoms with van der Waals surface area (Å²) < 4.78 is 12.8. The van der Waals surface area contributed by atoms with Crippen LogP contribution in [0.1, 0.15) is 50.7 Å². The molecule has 0 bridgehead atoms. The van der Waals surface area contributed by atoms with E-state index in [2.05, 4.69) is 33.4 Å². The van der Waals surface area contributed by atoms with E-state index in [1.165, 1.54) is 12.8 Å². The highest BCUT2D eigenvalue weighted by Crippen LogP contribution is 2.66. The molecule has 2 saturated carbocycles. The van der Waals surface area contributed by atoms with Crippen molar-refractivity contribution in [2.24, 2.45) is 22.4 Å². The maximum atomic E-state index is 12.6. The number of fused-ring (bicyclic) bond motifs is 1. The number of carbonyl (C=O) groups is 1. The minimum Gasteiger partial charge on any atom is -0.490 e. The van der Waals surface area contributed by atoms with Crippen molar-refractivity contribution in [3.63, 3.8) is 0 Å². The molecule has 4 rings (SSSR count). The van der Waals surface area contributed by atoms with E-state index in [0.717, 1.165) is 28.4 Å². The van der Waals surface area contributed by atoms with E-state index in [9.17, 15) is 4.79 Å². The van der Waals surface area contributed by atoms with E-state index < -0.39 is 0 Å². The summed E-state index contributed by atoms with van der Waals surface area (Å²) in [6, 6.07) is 13.7. The number of rotatable bonds is 8. The first kappa shape index (κ1) is 21.9. The number of nitrogens with zero attached hydrogens (tertiary/aromatic N) is 1. The fraction of sp³-hybridized carbons (Fsp3) is 0.440. The van der Waals surface area contributed by atoms with Gasteiger partial charge in [0, 0.05) is 10.4 Å². The van der Waals surface area contributed by atoms with Gasteiger partial charge in [-0.2, -0.15) is 5.10 Å². The Labute approximate surface area is 192 Å². The lowest BCUT2D eigenvalue weighted by Gasteiger charge is -2.15. The molecular formula is C25H29BrN2O3. The second kappa shape index (κ2) is 9.43. The molecule has 0 spiro atoms. The Kier molecular flexibility index (Phi) is 6.65. The summed E-state index contributed by atoms with van der Waals surface area (Å²) in [6.45, 7) is 5.17. The van der Waals surface area contributed by atoms with Crippen LogP contribution in [0.25, 0.3) is 0 Å². The number of amides is 1. The molecule has 2 aliphatic rings. The number of ether oxygens (including phenoxy) is 2. The molecule has 5 nitrogen and oxygen atoms in total. The van der Waals surface area contributed by atoms with Crippen LogP contribution in [0.5, 0.6) is 11.5 Å². The number of benzene rings is 2. The van der Waals surface area contributed by atoms with Gasteiger partial charge in [0.15, 0.2) is 11.5 Å². The zero-order valence-corrected chi connectivity index (χ0v) is 19.7. The maximum absolute atomic E-state index is 12.6. The number of halogens is 1. The van der Waals surface area contributed by atoms with Crippen molar-refractivity contribution in [2.75, 3.05) is 6.61 Å². The molecule has 3 atom stereocenters. The van der Waals surface area contributed by atoms with Crippen molar-refractivity contribution in [1.29, 1.82) is 0 Å². The summed E-state index contributed by atoms with van der Waals surface area (Å²) in [7, 11) is 0. The van der Waals surface area contributed by atoms with Crippen LogP contribution in [-0.2, 0) is 11.4 Å². The number of nitrogens with one attached hydrogen (secondary N) is 1. The average Bonchev–Trinajstić information content (AvgIpc) is 3.40. The number of hydrazone groups is 1. The summed E-state index contributed by atoms with van der Waals surface area (Å²) in [4.78, 5) is 12.6. The first-order valence-corrected chi connectivity index (χ1v) is 11.8. The molecule has 31 heavy (non-hydrogen) atoms. The van der Waals surface area contributed by atoms with E-state index >= 15 is 0 Å². The van der Waals surface area contributed by atoms with Crippen molar-refractivity contribution in [1.82, 2.24) is 5.43 Å². The van der Waals surface area contributed by atoms with Crippen molar-refractivity contribution in [3.8, 4) is 11.5 Å². The minimum atomic E-state index is 0.0464. The Bertz CT molecular complexity index is 960. The Morgan fingerprint density at radius 1 is 1.19 bits per heavy atom. The predicted molar refractivity (Wildman–Crippen MR) is 125 cm³/mol. The van der Waals surface area contributed by atoms with Crippen LogP contribution in [0.3, 0.4) is 0 Å². The molecule has 164 valence electrons. The van der Waals surface area contributed by atoms with Gasteiger partial charge in [-0.15, -0.1) is 0 Å². The standard InChI is InChI=1S/C25H29BrN2O3/c1-3-30-22-14-18(9-12-21(22)31-16-17-7-10-19(26)11-8-17)15-27-28-24(29)23-20-6-4-5-13-25(20,23)2/h7-12,14-15,20,23H,3-6,13,16H2,1-2H3,(H,28,29)/b27-15-/t20-,23-,25-/m0/s1. The second-order valence-corrected chi connectivity index (χ2v) is 9.54. The highest BCUT2D eigenvalue weighted by Gasteiger charge is 2.64. The van der Waals surface area contributed by atoms with Gasteiger partial charge in [0.25, 0.3) is 0 Å². The summed E-state index contributed by atoms with van der Waals surface area (Å²) in [6.07, 6.45) is 6.45. The highest BCUT2D eigenvalue weighted by molar-refractivity contribution is 9.10. The van der Waals surface area contributed by atoms with Crippen LogP contribution < -0.4 is 14.9 Å². The summed E-state index contributed by atoms with van der Waals surface area (Å²) in [5.74, 6) is 2.03. The van der Waals surface area contributed by atoms with Crippen LogP contribution in [0.4, 0.5) is 0 Å². The lowest BCUT2D eigenvalue weighted by Crippen LogP contribution is -2.22. The molecule has 0 unspecified atom stereocenters. The summed E-state index contributed by atoms with van der Waals surface area (Å²) in [5, 5.41) is 4.20. The highest BCUT2D eigenvalue weighted by atomic mass is 79.9. The molecule has 1 N–H and O–H groups in total. The van der Waals surface area contributed by atoms with E-state index in [0.29, 0.717) is 30.6 Å². The van der Waals surface area contributed by atoms with Crippen molar-refractivity contribution >= 4 is 28.1 Å². The third-order valence-corrected chi connectivity index (χ3v) is 7.11. The van der Waals surface area contributed by atoms with E-state index in [-0.39, 0.29) is 17.2 Å². The Hall–Kier alpha value is -2.34. The van der Waals surface area contributed by atoms with Gasteiger partial charge in [0.2, 0.25) is 5.91 Å². The molecular weight excluding hydrogens is 456 g/mol. The molecule has 2 aromatic rings. The third kappa shape index (κ3) is 4.95. The molecule has 0 heterocycles. The molecule has 0 aliphatic heterocycles. The van der Waals surface area contributed by atoms with Gasteiger partial charge in [-0.1, -0.05) is 47.8 Å². The monoisotopic (exact) mass is 484 g/mol. The average molecular weight is 485 g/mol. The van der Waals surface area contributed by atoms with Gasteiger partial charge >= 0.3 is 0 Å². The zero-order valence-electron chi connectivity index (χ0n) is 18.1. The van der Waals surface area contributed by atoms with Gasteiger partial charge in [-0.3, -0.25) is 4.79 Å². The predicted octanol–water partition coefficient (Wildman–Crippen LogP) is 5.70. The first-order valence-electron chi connectivity index (χ1n) is 11.0. The van der Waals surface area contributed by atoms with Gasteiger partial charge in [0.1, 0.15) is 6.61 Å². The Morgan fingerprint density at radius 3 is 2.71 bits per heavy atom. The molecule has 0 aromatic heterocycles. The van der Waals surface area contributed by atoms with E-state index in [1.54, 1.807) is 6.21 Å². The van der Waals surface area contributed by atoms with Crippen LogP contribution in [-0.4, -0.2) is 18.7 Å². The lowest BCUT2D eigenvalue weighted by atomic mass is 9.90. The zero-order chi connectivity index (χ0) is 21.8. The fourth-order valence-electron chi connectivity index (χ4n) is 4.82. The van der Waals surface area contributed by atoms with Gasteiger partial charge in [-0.25, -0.2) is 5.43 Å². The summed E-state index contributed by atoms with van der Waals surface area (Å²) in [5.41, 5.74) is 4.86. The largest absolute Gasteiger partial charge is 0.490 e. The van der Waals surface area contributed by atoms with Crippen molar-refractivity contribution in [3.05, 3.63) is 58.1 Å². The Balaban J connectivity index is 1.36. The number of hydrogen-bond acceptors (Lipinski definition) is 4. The minimum absolute atomic E-state index is 0.0464. The van der Waals surface area contributed by atoms with Crippen LogP contribution in [0.15, 0.2) is 52.0 Å². The number of hydrogen-bond donors (Lipinski definition) is 1. The molecule has 0 radical (unpaired) electrons. The SMILES string of the molecule is CCOc1cc(/C=N\NC(=O)[C@@H]2[C@@H]3CCCC[C@]23C)ccc1OCc1ccc(Br)cc1. The maximum Gasteiger partial charge on any atom is 0.244 e. The number of carbonyl (C=O) groups excluding carboxylic acids is 1. The Morgan fingerprint density at radius 2 is 2.00 bits per heavy atom. The molecule has 2 aromatic carbocycles. The van der Waals surface area contributed by atoms with Crippen LogP contribution in [0, 0.1) is 17.3 Å². The van der Waals surface area contributed by atoms with Crippen LogP contribution in [0.2, 0.25) is 0 Å². The molecule has 2 fully saturated rings. The van der Waals surface area contributed by atoms with Crippen LogP contribution >= 0.6 is 15.9 Å². The quantitative estimate of drug-likeness (QED) is 0.385. The molecule has 1 amide bonds. The molecule has 6 heteroatoms. The van der Waals surface area contributed by atoms with Gasteiger partial charge < -0.3 is 9.47 Å². The first-order chi connectivity index (χ1) is 15.0. The van der Waals surface area contributed by atoms with Gasteiger partial charge in [-0.05, 0) is 72.6 Å². The summed E-state index contributed by atoms with van der Waals surface area (Å²) >= 11 is 3.44. The van der Waals surface area contributed by atoms with Crippen molar-refractivity contribution < 1.29 is 14.3 Å². The van der Waals surface area contributed by atoms with Gasteiger partial charge in [0.05, 0.1) is 12.8 Å². The third-order valence-electron chi connectivity index (χ3n) is 6.58. The lowest BCUT2D eigenvalue weighted by molar-refractivity contribution is -0.123. The van der Waals surface area contributed by atoms with E-state index in [1.807, 2.05) is 49.4 Å². The fourth-order valence-corrected chi connectivity index (χ4v) is 5.09. The second-order valence-electron chi connectivity index (χ2n) is 8.62. The normalized spacial score (nSPS) is 24.5. The molecule has 0 saturated heterocycles.